The molecule has 4 nitrogen and oxygen atoms in total. The average molecular weight is 329 g/mol. The summed E-state index contributed by atoms with van der Waals surface area (Å²) in [6.45, 7) is 0.451. The molecule has 2 N–H and O–H groups in total. The van der Waals surface area contributed by atoms with Crippen LogP contribution in [0.25, 0.3) is 0 Å². The summed E-state index contributed by atoms with van der Waals surface area (Å²) in [6.07, 6.45) is 0. The van der Waals surface area contributed by atoms with Crippen molar-refractivity contribution < 1.29 is 14.7 Å². The van der Waals surface area contributed by atoms with Crippen molar-refractivity contribution in [2.45, 2.75) is 5.92 Å². The Morgan fingerprint density at radius 1 is 0.957 bits per heavy atom. The number of nitrogens with one attached hydrogen (secondary N) is 1. The number of carbonyl (C=O) groups excluding carboxylic acids is 1. The van der Waals surface area contributed by atoms with Crippen LogP contribution in [0.5, 0.6) is 0 Å². The van der Waals surface area contributed by atoms with Gasteiger partial charge in [-0.2, -0.15) is 0 Å². The molecule has 0 saturated carbocycles. The number of hydrogen-bond acceptors (Lipinski definition) is 3. The van der Waals surface area contributed by atoms with E-state index in [0.717, 1.165) is 11.1 Å². The number of carboxylic acids is 1. The second-order valence-electron chi connectivity index (χ2n) is 4.99. The number of amides is 1. The molecule has 120 valence electrons. The lowest BCUT2D eigenvalue weighted by molar-refractivity contribution is -0.133. The maximum Gasteiger partial charge on any atom is 0.313 e. The number of aliphatic carboxylic acids is 1. The highest BCUT2D eigenvalue weighted by atomic mass is 32.2. The Morgan fingerprint density at radius 2 is 1.48 bits per heavy atom. The number of benzene rings is 2. The van der Waals surface area contributed by atoms with Crippen LogP contribution in [0.2, 0.25) is 0 Å². The first-order valence-electron chi connectivity index (χ1n) is 7.35. The molecule has 0 aromatic heterocycles. The summed E-state index contributed by atoms with van der Waals surface area (Å²) in [5.74, 6) is -0.640. The number of hydrogen-bond donors (Lipinski definition) is 2. The SMILES string of the molecule is O=C(O)CSCCNC(=O)C(c1ccccc1)c1ccccc1. The minimum atomic E-state index is -0.840. The van der Waals surface area contributed by atoms with E-state index in [9.17, 15) is 9.59 Å². The van der Waals surface area contributed by atoms with Gasteiger partial charge >= 0.3 is 5.97 Å². The standard InChI is InChI=1S/C18H19NO3S/c20-16(21)13-23-12-11-19-18(22)17(14-7-3-1-4-8-14)15-9-5-2-6-10-15/h1-10,17H,11-13H2,(H,19,22)(H,20,21). The summed E-state index contributed by atoms with van der Waals surface area (Å²) in [6, 6.07) is 19.3. The van der Waals surface area contributed by atoms with Gasteiger partial charge in [0.05, 0.1) is 11.7 Å². The van der Waals surface area contributed by atoms with Crippen LogP contribution in [0, 0.1) is 0 Å². The molecule has 0 atom stereocenters. The molecule has 0 aliphatic rings. The highest BCUT2D eigenvalue weighted by Crippen LogP contribution is 2.24. The molecule has 23 heavy (non-hydrogen) atoms. The van der Waals surface area contributed by atoms with E-state index in [4.69, 9.17) is 5.11 Å². The van der Waals surface area contributed by atoms with Crippen molar-refractivity contribution in [2.24, 2.45) is 0 Å². The molecule has 0 aliphatic carbocycles. The van der Waals surface area contributed by atoms with Gasteiger partial charge in [0.1, 0.15) is 0 Å². The van der Waals surface area contributed by atoms with E-state index in [1.54, 1.807) is 0 Å². The highest BCUT2D eigenvalue weighted by molar-refractivity contribution is 7.99. The maximum absolute atomic E-state index is 12.6. The number of carboxylic acid groups (broad SMARTS) is 1. The van der Waals surface area contributed by atoms with Gasteiger partial charge in [0, 0.05) is 12.3 Å². The van der Waals surface area contributed by atoms with Gasteiger partial charge in [-0.05, 0) is 11.1 Å². The van der Waals surface area contributed by atoms with Crippen LogP contribution in [0.3, 0.4) is 0 Å². The Hall–Kier alpha value is -2.27. The normalized spacial score (nSPS) is 10.5. The van der Waals surface area contributed by atoms with Gasteiger partial charge in [-0.15, -0.1) is 11.8 Å². The Morgan fingerprint density at radius 3 is 1.96 bits per heavy atom. The molecule has 0 radical (unpaired) electrons. The van der Waals surface area contributed by atoms with Gasteiger partial charge in [0.15, 0.2) is 0 Å². The Bertz CT molecular complexity index is 592. The molecule has 0 bridgehead atoms. The van der Waals surface area contributed by atoms with Crippen molar-refractivity contribution in [3.8, 4) is 0 Å². The highest BCUT2D eigenvalue weighted by Gasteiger charge is 2.21. The van der Waals surface area contributed by atoms with Crippen LogP contribution < -0.4 is 5.32 Å². The van der Waals surface area contributed by atoms with Crippen LogP contribution in [0.4, 0.5) is 0 Å². The molecule has 0 saturated heterocycles. The second kappa shape index (κ2) is 9.00. The number of carbonyl (C=O) groups is 2. The van der Waals surface area contributed by atoms with Gasteiger partial charge in [0.25, 0.3) is 0 Å². The first-order valence-corrected chi connectivity index (χ1v) is 8.51. The molecule has 0 fully saturated rings. The summed E-state index contributed by atoms with van der Waals surface area (Å²) < 4.78 is 0. The van der Waals surface area contributed by atoms with E-state index in [0.29, 0.717) is 12.3 Å². The van der Waals surface area contributed by atoms with E-state index in [1.807, 2.05) is 60.7 Å². The van der Waals surface area contributed by atoms with E-state index in [2.05, 4.69) is 5.32 Å². The van der Waals surface area contributed by atoms with Crippen molar-refractivity contribution in [1.29, 1.82) is 0 Å². The zero-order chi connectivity index (χ0) is 16.5. The van der Waals surface area contributed by atoms with Gasteiger partial charge in [-0.3, -0.25) is 9.59 Å². The zero-order valence-corrected chi connectivity index (χ0v) is 13.5. The van der Waals surface area contributed by atoms with Crippen LogP contribution in [0.15, 0.2) is 60.7 Å². The molecule has 0 aliphatic heterocycles. The van der Waals surface area contributed by atoms with E-state index < -0.39 is 5.97 Å². The molecule has 0 unspecified atom stereocenters. The number of thioether (sulfide) groups is 1. The minimum Gasteiger partial charge on any atom is -0.481 e. The first-order chi connectivity index (χ1) is 11.2. The predicted molar refractivity (Wildman–Crippen MR) is 92.7 cm³/mol. The summed E-state index contributed by atoms with van der Waals surface area (Å²) in [5, 5.41) is 11.5. The van der Waals surface area contributed by atoms with Crippen molar-refractivity contribution >= 4 is 23.6 Å². The lowest BCUT2D eigenvalue weighted by Crippen LogP contribution is -2.31. The Labute approximate surface area is 139 Å². The molecule has 2 aromatic rings. The van der Waals surface area contributed by atoms with Crippen molar-refractivity contribution in [3.05, 3.63) is 71.8 Å². The third-order valence-corrected chi connectivity index (χ3v) is 4.24. The number of rotatable bonds is 8. The third kappa shape index (κ3) is 5.45. The topological polar surface area (TPSA) is 66.4 Å². The summed E-state index contributed by atoms with van der Waals surface area (Å²) in [4.78, 5) is 23.1. The predicted octanol–water partition coefficient (Wildman–Crippen LogP) is 2.75. The van der Waals surface area contributed by atoms with Gasteiger partial charge in [0.2, 0.25) is 5.91 Å². The molecule has 1 amide bonds. The molecular formula is C18H19NO3S. The molecule has 2 rings (SSSR count). The molecule has 5 heteroatoms. The van der Waals surface area contributed by atoms with Crippen LogP contribution in [-0.2, 0) is 9.59 Å². The molecule has 2 aromatic carbocycles. The fourth-order valence-electron chi connectivity index (χ4n) is 2.29. The van der Waals surface area contributed by atoms with Crippen LogP contribution in [-0.4, -0.2) is 35.0 Å². The van der Waals surface area contributed by atoms with E-state index in [-0.39, 0.29) is 17.6 Å². The lowest BCUT2D eigenvalue weighted by atomic mass is 9.90. The molecular weight excluding hydrogens is 310 g/mol. The van der Waals surface area contributed by atoms with Gasteiger partial charge in [-0.1, -0.05) is 60.7 Å². The zero-order valence-electron chi connectivity index (χ0n) is 12.6. The quantitative estimate of drug-likeness (QED) is 0.731. The molecule has 0 spiro atoms. The summed E-state index contributed by atoms with van der Waals surface area (Å²) >= 11 is 1.29. The fraction of sp³-hybridized carbons (Fsp3) is 0.222. The van der Waals surface area contributed by atoms with Crippen molar-refractivity contribution in [3.63, 3.8) is 0 Å². The second-order valence-corrected chi connectivity index (χ2v) is 6.10. The summed E-state index contributed by atoms with van der Waals surface area (Å²) in [7, 11) is 0. The summed E-state index contributed by atoms with van der Waals surface area (Å²) in [5.41, 5.74) is 1.88. The van der Waals surface area contributed by atoms with Crippen molar-refractivity contribution in [2.75, 3.05) is 18.1 Å². The van der Waals surface area contributed by atoms with Crippen LogP contribution in [0.1, 0.15) is 17.0 Å². The lowest BCUT2D eigenvalue weighted by Gasteiger charge is -2.17. The fourth-order valence-corrected chi connectivity index (χ4v) is 2.86. The third-order valence-electron chi connectivity index (χ3n) is 3.30. The van der Waals surface area contributed by atoms with E-state index >= 15 is 0 Å². The largest absolute Gasteiger partial charge is 0.481 e. The molecule has 0 heterocycles. The Balaban J connectivity index is 2.03. The smallest absolute Gasteiger partial charge is 0.313 e. The monoisotopic (exact) mass is 329 g/mol. The maximum atomic E-state index is 12.6. The minimum absolute atomic E-state index is 0.0523. The van der Waals surface area contributed by atoms with Gasteiger partial charge in [-0.25, -0.2) is 0 Å². The first kappa shape index (κ1) is 17.1. The average Bonchev–Trinajstić information content (AvgIpc) is 2.56. The van der Waals surface area contributed by atoms with Crippen LogP contribution >= 0.6 is 11.8 Å². The van der Waals surface area contributed by atoms with E-state index in [1.165, 1.54) is 11.8 Å². The Kier molecular flexibility index (Phi) is 6.69. The van der Waals surface area contributed by atoms with Gasteiger partial charge < -0.3 is 10.4 Å². The van der Waals surface area contributed by atoms with Crippen molar-refractivity contribution in [1.82, 2.24) is 5.32 Å².